The van der Waals surface area contributed by atoms with Crippen molar-refractivity contribution in [2.45, 2.75) is 39.5 Å². The van der Waals surface area contributed by atoms with Gasteiger partial charge < -0.3 is 10.0 Å². The molecule has 0 radical (unpaired) electrons. The third-order valence-corrected chi connectivity index (χ3v) is 5.26. The van der Waals surface area contributed by atoms with Gasteiger partial charge in [0.2, 0.25) is 0 Å². The summed E-state index contributed by atoms with van der Waals surface area (Å²) in [6.07, 6.45) is 2.82. The molecule has 0 saturated carbocycles. The Kier molecular flexibility index (Phi) is 4.48. The first-order valence-electron chi connectivity index (χ1n) is 7.13. The SMILES string of the molecule is CCc1ccsc1C(=O)N1CCCC(CC)(C(=O)O)C1. The predicted molar refractivity (Wildman–Crippen MR) is 79.2 cm³/mol. The normalized spacial score (nSPS) is 22.8. The van der Waals surface area contributed by atoms with Crippen molar-refractivity contribution in [2.75, 3.05) is 13.1 Å². The molecule has 0 aliphatic carbocycles. The fourth-order valence-corrected chi connectivity index (χ4v) is 3.83. The molecule has 110 valence electrons. The van der Waals surface area contributed by atoms with Crippen LogP contribution in [0.4, 0.5) is 0 Å². The molecule has 1 N–H and O–H groups in total. The van der Waals surface area contributed by atoms with Gasteiger partial charge in [0.1, 0.15) is 0 Å². The van der Waals surface area contributed by atoms with Crippen LogP contribution in [0.2, 0.25) is 0 Å². The topological polar surface area (TPSA) is 57.6 Å². The van der Waals surface area contributed by atoms with Gasteiger partial charge in [0, 0.05) is 13.1 Å². The highest BCUT2D eigenvalue weighted by molar-refractivity contribution is 7.12. The molecule has 1 atom stereocenters. The first kappa shape index (κ1) is 15.0. The number of thiophene rings is 1. The van der Waals surface area contributed by atoms with Crippen molar-refractivity contribution in [2.24, 2.45) is 5.41 Å². The van der Waals surface area contributed by atoms with Gasteiger partial charge in [-0.1, -0.05) is 13.8 Å². The first-order valence-corrected chi connectivity index (χ1v) is 8.01. The van der Waals surface area contributed by atoms with Crippen LogP contribution in [0.25, 0.3) is 0 Å². The van der Waals surface area contributed by atoms with Crippen LogP contribution >= 0.6 is 11.3 Å². The fraction of sp³-hybridized carbons (Fsp3) is 0.600. The molecule has 0 bridgehead atoms. The molecule has 1 aliphatic rings. The average Bonchev–Trinajstić information content (AvgIpc) is 2.94. The molecule has 20 heavy (non-hydrogen) atoms. The lowest BCUT2D eigenvalue weighted by Crippen LogP contribution is -2.49. The van der Waals surface area contributed by atoms with Gasteiger partial charge in [-0.05, 0) is 42.7 Å². The standard InChI is InChI=1S/C15H21NO3S/c1-3-11-6-9-20-12(11)13(17)16-8-5-7-15(4-2,10-16)14(18)19/h6,9H,3-5,7-8,10H2,1-2H3,(H,18,19). The molecule has 1 fully saturated rings. The summed E-state index contributed by atoms with van der Waals surface area (Å²) in [5, 5.41) is 11.4. The minimum absolute atomic E-state index is 0.00405. The van der Waals surface area contributed by atoms with Crippen molar-refractivity contribution in [1.29, 1.82) is 0 Å². The van der Waals surface area contributed by atoms with Gasteiger partial charge in [0.05, 0.1) is 10.3 Å². The van der Waals surface area contributed by atoms with Crippen molar-refractivity contribution in [3.63, 3.8) is 0 Å². The summed E-state index contributed by atoms with van der Waals surface area (Å²) in [4.78, 5) is 26.7. The maximum absolute atomic E-state index is 12.6. The fourth-order valence-electron chi connectivity index (χ4n) is 2.86. The minimum atomic E-state index is -0.778. The Morgan fingerprint density at radius 3 is 2.80 bits per heavy atom. The van der Waals surface area contributed by atoms with E-state index < -0.39 is 11.4 Å². The molecule has 5 heteroatoms. The smallest absolute Gasteiger partial charge is 0.311 e. The average molecular weight is 295 g/mol. The minimum Gasteiger partial charge on any atom is -0.481 e. The van der Waals surface area contributed by atoms with E-state index in [0.717, 1.165) is 23.3 Å². The summed E-state index contributed by atoms with van der Waals surface area (Å²) in [5.41, 5.74) is 0.292. The third-order valence-electron chi connectivity index (χ3n) is 4.32. The summed E-state index contributed by atoms with van der Waals surface area (Å²) in [7, 11) is 0. The zero-order valence-electron chi connectivity index (χ0n) is 12.0. The molecule has 2 rings (SSSR count). The van der Waals surface area contributed by atoms with Crippen molar-refractivity contribution < 1.29 is 14.7 Å². The zero-order chi connectivity index (χ0) is 14.8. The van der Waals surface area contributed by atoms with Crippen molar-refractivity contribution in [3.05, 3.63) is 21.9 Å². The molecule has 0 spiro atoms. The van der Waals surface area contributed by atoms with Crippen LogP contribution in [0.5, 0.6) is 0 Å². The third kappa shape index (κ3) is 2.59. The maximum atomic E-state index is 12.6. The molecule has 1 amide bonds. The lowest BCUT2D eigenvalue weighted by molar-refractivity contribution is -0.152. The van der Waals surface area contributed by atoms with E-state index in [2.05, 4.69) is 0 Å². The predicted octanol–water partition coefficient (Wildman–Crippen LogP) is 3.03. The van der Waals surface area contributed by atoms with Crippen molar-refractivity contribution in [3.8, 4) is 0 Å². The summed E-state index contributed by atoms with van der Waals surface area (Å²) in [6, 6.07) is 1.98. The highest BCUT2D eigenvalue weighted by Gasteiger charge is 2.42. The van der Waals surface area contributed by atoms with Crippen molar-refractivity contribution in [1.82, 2.24) is 4.90 Å². The lowest BCUT2D eigenvalue weighted by atomic mass is 9.77. The Bertz CT molecular complexity index is 511. The number of carboxylic acids is 1. The number of likely N-dealkylation sites (tertiary alicyclic amines) is 1. The molecular formula is C15H21NO3S. The van der Waals surface area contributed by atoms with E-state index in [1.54, 1.807) is 4.90 Å². The second-order valence-electron chi connectivity index (χ2n) is 5.40. The van der Waals surface area contributed by atoms with Crippen LogP contribution in [0.15, 0.2) is 11.4 Å². The van der Waals surface area contributed by atoms with E-state index in [4.69, 9.17) is 0 Å². The van der Waals surface area contributed by atoms with Crippen LogP contribution in [0.1, 0.15) is 48.3 Å². The lowest BCUT2D eigenvalue weighted by Gasteiger charge is -2.39. The van der Waals surface area contributed by atoms with Gasteiger partial charge >= 0.3 is 5.97 Å². The van der Waals surface area contributed by atoms with E-state index in [1.807, 2.05) is 25.3 Å². The van der Waals surface area contributed by atoms with Crippen LogP contribution in [-0.4, -0.2) is 35.0 Å². The van der Waals surface area contributed by atoms with E-state index in [9.17, 15) is 14.7 Å². The molecule has 1 aromatic heterocycles. The van der Waals surface area contributed by atoms with Gasteiger partial charge in [-0.15, -0.1) is 11.3 Å². The van der Waals surface area contributed by atoms with Crippen LogP contribution in [-0.2, 0) is 11.2 Å². The molecule has 0 aromatic carbocycles. The molecule has 1 unspecified atom stereocenters. The number of rotatable bonds is 4. The summed E-state index contributed by atoms with van der Waals surface area (Å²) in [6.45, 7) is 4.92. The largest absolute Gasteiger partial charge is 0.481 e. The Hall–Kier alpha value is -1.36. The van der Waals surface area contributed by atoms with Gasteiger partial charge in [-0.2, -0.15) is 0 Å². The Morgan fingerprint density at radius 1 is 1.45 bits per heavy atom. The number of aryl methyl sites for hydroxylation is 1. The number of nitrogens with zero attached hydrogens (tertiary/aromatic N) is 1. The number of amides is 1. The second kappa shape index (κ2) is 5.95. The van der Waals surface area contributed by atoms with E-state index in [1.165, 1.54) is 11.3 Å². The number of aliphatic carboxylic acids is 1. The zero-order valence-corrected chi connectivity index (χ0v) is 12.8. The second-order valence-corrected chi connectivity index (χ2v) is 6.31. The summed E-state index contributed by atoms with van der Waals surface area (Å²) >= 11 is 1.45. The summed E-state index contributed by atoms with van der Waals surface area (Å²) in [5.74, 6) is -0.782. The Labute approximate surface area is 123 Å². The van der Waals surface area contributed by atoms with E-state index >= 15 is 0 Å². The summed E-state index contributed by atoms with van der Waals surface area (Å²) < 4.78 is 0. The number of carbonyl (C=O) groups is 2. The van der Waals surface area contributed by atoms with Gasteiger partial charge in [0.25, 0.3) is 5.91 Å². The molecule has 1 saturated heterocycles. The van der Waals surface area contributed by atoms with Crippen molar-refractivity contribution >= 4 is 23.2 Å². The van der Waals surface area contributed by atoms with Gasteiger partial charge in [-0.25, -0.2) is 0 Å². The Balaban J connectivity index is 2.21. The quantitative estimate of drug-likeness (QED) is 0.929. The molecule has 4 nitrogen and oxygen atoms in total. The highest BCUT2D eigenvalue weighted by atomic mass is 32.1. The van der Waals surface area contributed by atoms with E-state index in [-0.39, 0.29) is 5.91 Å². The molecule has 1 aliphatic heterocycles. The number of piperidine rings is 1. The number of carboxylic acid groups (broad SMARTS) is 1. The number of hydrogen-bond acceptors (Lipinski definition) is 3. The molecule has 2 heterocycles. The maximum Gasteiger partial charge on any atom is 0.311 e. The number of carbonyl (C=O) groups excluding carboxylic acids is 1. The molecular weight excluding hydrogens is 274 g/mol. The van der Waals surface area contributed by atoms with Gasteiger partial charge in [-0.3, -0.25) is 9.59 Å². The highest BCUT2D eigenvalue weighted by Crippen LogP contribution is 2.35. The Morgan fingerprint density at radius 2 is 2.20 bits per heavy atom. The van der Waals surface area contributed by atoms with Crippen LogP contribution < -0.4 is 0 Å². The van der Waals surface area contributed by atoms with Crippen LogP contribution in [0, 0.1) is 5.41 Å². The van der Waals surface area contributed by atoms with Crippen LogP contribution in [0.3, 0.4) is 0 Å². The monoisotopic (exact) mass is 295 g/mol. The number of hydrogen-bond donors (Lipinski definition) is 1. The first-order chi connectivity index (χ1) is 9.54. The van der Waals surface area contributed by atoms with Gasteiger partial charge in [0.15, 0.2) is 0 Å². The molecule has 1 aromatic rings. The van der Waals surface area contributed by atoms with E-state index in [0.29, 0.717) is 25.9 Å².